The number of benzene rings is 7. The fourth-order valence-electron chi connectivity index (χ4n) is 11.8. The van der Waals surface area contributed by atoms with Crippen LogP contribution in [0, 0.1) is 5.92 Å². The molecular formula is C75H65ClN2O3. The molecule has 1 atom stereocenters. The molecule has 1 unspecified atom stereocenters. The van der Waals surface area contributed by atoms with Gasteiger partial charge in [-0.25, -0.2) is 0 Å². The first-order chi connectivity index (χ1) is 39.7. The molecule has 0 radical (unpaired) electrons. The van der Waals surface area contributed by atoms with E-state index >= 15 is 0 Å². The summed E-state index contributed by atoms with van der Waals surface area (Å²) in [6, 6.07) is 65.7. The van der Waals surface area contributed by atoms with Gasteiger partial charge in [0.05, 0.1) is 5.92 Å². The van der Waals surface area contributed by atoms with Crippen molar-refractivity contribution < 1.29 is 19.3 Å². The summed E-state index contributed by atoms with van der Waals surface area (Å²) in [7, 11) is 0. The van der Waals surface area contributed by atoms with Crippen LogP contribution < -0.4 is 10.0 Å². The van der Waals surface area contributed by atoms with Gasteiger partial charge in [0, 0.05) is 53.0 Å². The Morgan fingerprint density at radius 3 is 1.83 bits per heavy atom. The minimum Gasteiger partial charge on any atom is -0.870 e. The number of halogens is 1. The summed E-state index contributed by atoms with van der Waals surface area (Å²) in [5, 5.41) is 13.8. The minimum absolute atomic E-state index is 0.00680. The lowest BCUT2D eigenvalue weighted by Gasteiger charge is -2.29. The minimum atomic E-state index is -0.927. The summed E-state index contributed by atoms with van der Waals surface area (Å²) < 4.78 is 2.19. The predicted octanol–water partition coefficient (Wildman–Crippen LogP) is 17.1. The van der Waals surface area contributed by atoms with Gasteiger partial charge in [0.15, 0.2) is 17.3 Å². The second-order valence-corrected chi connectivity index (χ2v) is 21.5. The van der Waals surface area contributed by atoms with E-state index in [-0.39, 0.29) is 11.4 Å². The Morgan fingerprint density at radius 2 is 1.20 bits per heavy atom. The number of hydrogen-bond acceptors (Lipinski definition) is 4. The number of para-hydroxylation sites is 2. The number of likely N-dealkylation sites (N-methyl/N-ethyl adjacent to an activating group) is 1. The molecule has 0 aromatic heterocycles. The van der Waals surface area contributed by atoms with E-state index in [0.29, 0.717) is 13.0 Å². The van der Waals surface area contributed by atoms with Gasteiger partial charge in [-0.2, -0.15) is 4.58 Å². The Kier molecular flexibility index (Phi) is 16.7. The Morgan fingerprint density at radius 1 is 0.605 bits per heavy atom. The SMILES string of the molecule is CCN1/C(=C/C2=C([O-])C(=O)C(CC3=[N+](CC)c4ccccc4CC3)C2=O)C=Cc2ccccc21.ClC1=C(/C=C\c2cc(-c3ccccc3)cc(-c3ccccc3)c2)CCC/C1=C\C=C1C=C(c2ccccc2)CC(c2ccccc2)=C1. The number of nitrogens with zero attached hydrogens (tertiary/aromatic N) is 2. The van der Waals surface area contributed by atoms with Crippen molar-refractivity contribution in [3.8, 4) is 22.3 Å². The van der Waals surface area contributed by atoms with Gasteiger partial charge in [0.2, 0.25) is 5.69 Å². The number of Topliss-reactive ketones (excluding diaryl/α,β-unsaturated/α-hetero) is 2. The Labute approximate surface area is 482 Å². The van der Waals surface area contributed by atoms with Gasteiger partial charge >= 0.3 is 0 Å². The van der Waals surface area contributed by atoms with Crippen molar-refractivity contribution in [1.82, 2.24) is 0 Å². The van der Waals surface area contributed by atoms with Gasteiger partial charge in [0.25, 0.3) is 0 Å². The Hall–Kier alpha value is -8.90. The van der Waals surface area contributed by atoms with Crippen molar-refractivity contribution in [2.75, 3.05) is 18.0 Å². The van der Waals surface area contributed by atoms with Crippen LogP contribution in [-0.2, 0) is 16.0 Å². The van der Waals surface area contributed by atoms with E-state index < -0.39 is 17.5 Å². The topological polar surface area (TPSA) is 63.4 Å². The van der Waals surface area contributed by atoms with Crippen LogP contribution in [0.1, 0.15) is 80.2 Å². The third-order valence-corrected chi connectivity index (χ3v) is 16.5. The number of fused-ring (bicyclic) bond motifs is 2. The Bertz CT molecular complexity index is 3730. The molecule has 2 aliphatic heterocycles. The van der Waals surface area contributed by atoms with Crippen molar-refractivity contribution >= 4 is 63.6 Å². The van der Waals surface area contributed by atoms with Crippen LogP contribution in [0.5, 0.6) is 0 Å². The highest BCUT2D eigenvalue weighted by Crippen LogP contribution is 2.39. The first kappa shape index (κ1) is 54.1. The summed E-state index contributed by atoms with van der Waals surface area (Å²) in [6.07, 6.45) is 25.0. The van der Waals surface area contributed by atoms with Crippen molar-refractivity contribution in [3.63, 3.8) is 0 Å². The normalized spacial score (nSPS) is 18.0. The largest absolute Gasteiger partial charge is 0.870 e. The summed E-state index contributed by atoms with van der Waals surface area (Å²) in [6.45, 7) is 5.53. The number of hydrogen-bond donors (Lipinski definition) is 0. The van der Waals surface area contributed by atoms with Crippen LogP contribution in [0.25, 0.3) is 45.6 Å². The number of carbonyl (C=O) groups is 2. The summed E-state index contributed by atoms with van der Waals surface area (Å²) in [5.74, 6) is -2.52. The lowest BCUT2D eigenvalue weighted by atomic mass is 9.87. The monoisotopic (exact) mass is 1080 g/mol. The van der Waals surface area contributed by atoms with Crippen LogP contribution in [-0.4, -0.2) is 34.9 Å². The van der Waals surface area contributed by atoms with Crippen LogP contribution in [0.15, 0.2) is 269 Å². The van der Waals surface area contributed by atoms with E-state index in [2.05, 4.69) is 205 Å². The summed E-state index contributed by atoms with van der Waals surface area (Å²) in [4.78, 5) is 28.4. The fraction of sp³-hybridized carbons (Fsp3) is 0.160. The van der Waals surface area contributed by atoms with Gasteiger partial charge in [-0.05, 0) is 155 Å². The molecule has 7 aromatic rings. The standard InChI is InChI=1S/C46H37Cl.C29H28N2O3/c47-46-40(26-24-34-28-42(36-14-5-1-6-15-36)32-43(29-34)37-16-7-2-8-17-37)22-13-23-41(46)27-25-35-30-44(38-18-9-3-10-19-38)33-45(31-35)39-20-11-4-12-21-39;1-3-30-21(15-13-19-9-5-7-11-25(19)30)17-23-27(32)24(29(34)28(23)33)18-22-16-14-20-10-6-8-12-26(20)31(22)4-2/h1-12,14-21,24-32H,13,22-23,33H2;5-13,15,17,24H,3-4,14,16,18H2,1-2H3/b26-24-,41-27+;21-17+. The van der Waals surface area contributed by atoms with E-state index in [1.165, 1.54) is 72.4 Å². The molecule has 0 bridgehead atoms. The van der Waals surface area contributed by atoms with Gasteiger partial charge in [-0.1, -0.05) is 218 Å². The third-order valence-electron chi connectivity index (χ3n) is 16.0. The zero-order valence-corrected chi connectivity index (χ0v) is 46.8. The first-order valence-electron chi connectivity index (χ1n) is 28.4. The van der Waals surface area contributed by atoms with E-state index in [9.17, 15) is 14.7 Å². The fourth-order valence-corrected chi connectivity index (χ4v) is 12.1. The van der Waals surface area contributed by atoms with Gasteiger partial charge in [0.1, 0.15) is 6.54 Å². The number of rotatable bonds is 12. The predicted molar refractivity (Wildman–Crippen MR) is 335 cm³/mol. The molecule has 7 aromatic carbocycles. The van der Waals surface area contributed by atoms with Crippen molar-refractivity contribution in [2.45, 2.75) is 58.8 Å². The quantitative estimate of drug-likeness (QED) is 0.0903. The van der Waals surface area contributed by atoms with E-state index in [1.807, 2.05) is 55.5 Å². The average Bonchev–Trinajstić information content (AvgIpc) is 3.83. The molecule has 400 valence electrons. The highest BCUT2D eigenvalue weighted by atomic mass is 35.5. The zero-order valence-electron chi connectivity index (χ0n) is 46.0. The third kappa shape index (κ3) is 12.2. The number of allylic oxidation sites excluding steroid dienone is 15. The molecule has 5 aliphatic rings. The van der Waals surface area contributed by atoms with E-state index in [1.54, 1.807) is 6.08 Å². The number of ketones is 2. The highest BCUT2D eigenvalue weighted by molar-refractivity contribution is 6.32. The van der Waals surface area contributed by atoms with Gasteiger partial charge in [-0.15, -0.1) is 0 Å². The van der Waals surface area contributed by atoms with Gasteiger partial charge in [-0.3, -0.25) is 9.59 Å². The maximum Gasteiger partial charge on any atom is 0.208 e. The highest BCUT2D eigenvalue weighted by Gasteiger charge is 2.40. The molecule has 0 saturated heterocycles. The first-order valence-corrected chi connectivity index (χ1v) is 28.8. The summed E-state index contributed by atoms with van der Waals surface area (Å²) in [5.41, 5.74) is 21.1. The molecule has 6 heteroatoms. The van der Waals surface area contributed by atoms with Gasteiger partial charge < -0.3 is 10.0 Å². The second kappa shape index (κ2) is 25.0. The number of aryl methyl sites for hydroxylation is 1. The van der Waals surface area contributed by atoms with Crippen LogP contribution in [0.4, 0.5) is 11.4 Å². The van der Waals surface area contributed by atoms with Crippen LogP contribution in [0.2, 0.25) is 0 Å². The molecule has 3 aliphatic carbocycles. The van der Waals surface area contributed by atoms with E-state index in [4.69, 9.17) is 11.6 Å². The molecule has 2 heterocycles. The van der Waals surface area contributed by atoms with Crippen molar-refractivity contribution in [2.24, 2.45) is 5.92 Å². The maximum atomic E-state index is 13.4. The zero-order chi connectivity index (χ0) is 55.7. The summed E-state index contributed by atoms with van der Waals surface area (Å²) >= 11 is 7.14. The van der Waals surface area contributed by atoms with Crippen molar-refractivity contribution in [3.05, 3.63) is 297 Å². The van der Waals surface area contributed by atoms with Crippen molar-refractivity contribution in [1.29, 1.82) is 0 Å². The maximum absolute atomic E-state index is 13.4. The molecule has 0 fully saturated rings. The molecule has 81 heavy (non-hydrogen) atoms. The second-order valence-electron chi connectivity index (χ2n) is 21.1. The average molecular weight is 1080 g/mol. The molecule has 12 rings (SSSR count). The van der Waals surface area contributed by atoms with E-state index in [0.717, 1.165) is 78.4 Å². The molecule has 0 saturated carbocycles. The molecule has 0 N–H and O–H groups in total. The number of carbonyl (C=O) groups excluding carboxylic acids is 2. The molecule has 0 spiro atoms. The Balaban J connectivity index is 0.000000180. The number of anilines is 1. The molecule has 0 amide bonds. The smallest absolute Gasteiger partial charge is 0.208 e. The molecule has 5 nitrogen and oxygen atoms in total. The lowest BCUT2D eigenvalue weighted by molar-refractivity contribution is -0.441. The van der Waals surface area contributed by atoms with Crippen LogP contribution in [0.3, 0.4) is 0 Å². The molecular weight excluding hydrogens is 1010 g/mol. The lowest BCUT2D eigenvalue weighted by Crippen LogP contribution is -2.30. The van der Waals surface area contributed by atoms with Crippen LogP contribution >= 0.6 is 11.6 Å².